The Kier molecular flexibility index (Phi) is 3.22. The smallest absolute Gasteiger partial charge is 0.245 e. The van der Waals surface area contributed by atoms with E-state index < -0.39 is 6.04 Å². The molecule has 0 aromatic carbocycles. The highest BCUT2D eigenvalue weighted by molar-refractivity contribution is 5.89. The Morgan fingerprint density at radius 1 is 1.28 bits per heavy atom. The van der Waals surface area contributed by atoms with Crippen LogP contribution < -0.4 is 10.6 Å². The molecule has 100 valence electrons. The fourth-order valence-electron chi connectivity index (χ4n) is 2.31. The van der Waals surface area contributed by atoms with Crippen LogP contribution >= 0.6 is 0 Å². The van der Waals surface area contributed by atoms with E-state index in [4.69, 9.17) is 4.74 Å². The lowest BCUT2D eigenvalue weighted by Crippen LogP contribution is -2.61. The van der Waals surface area contributed by atoms with E-state index >= 15 is 0 Å². The number of ether oxygens (including phenoxy) is 1. The molecule has 2 amide bonds. The van der Waals surface area contributed by atoms with Crippen molar-refractivity contribution >= 4 is 11.8 Å². The molecule has 1 atom stereocenters. The van der Waals surface area contributed by atoms with Gasteiger partial charge < -0.3 is 20.3 Å². The molecule has 0 bridgehead atoms. The van der Waals surface area contributed by atoms with Crippen molar-refractivity contribution in [2.24, 2.45) is 5.92 Å². The van der Waals surface area contributed by atoms with Gasteiger partial charge >= 0.3 is 0 Å². The fourth-order valence-corrected chi connectivity index (χ4v) is 2.31. The minimum absolute atomic E-state index is 0.0410. The molecule has 3 rings (SSSR count). The first-order chi connectivity index (χ1) is 8.75. The summed E-state index contributed by atoms with van der Waals surface area (Å²) in [6, 6.07) is -0.116. The average molecular weight is 253 g/mol. The molecule has 0 radical (unpaired) electrons. The second kappa shape index (κ2) is 4.85. The van der Waals surface area contributed by atoms with Crippen LogP contribution in [0.2, 0.25) is 0 Å². The van der Waals surface area contributed by atoms with Crippen LogP contribution in [0.3, 0.4) is 0 Å². The van der Waals surface area contributed by atoms with E-state index in [2.05, 4.69) is 10.6 Å². The summed E-state index contributed by atoms with van der Waals surface area (Å²) in [6.07, 6.45) is 2.11. The minimum atomic E-state index is -0.438. The van der Waals surface area contributed by atoms with E-state index in [0.29, 0.717) is 25.8 Å². The van der Waals surface area contributed by atoms with Crippen molar-refractivity contribution in [1.29, 1.82) is 0 Å². The highest BCUT2D eigenvalue weighted by Gasteiger charge is 2.39. The summed E-state index contributed by atoms with van der Waals surface area (Å²) in [6.45, 7) is 2.84. The molecule has 1 unspecified atom stereocenters. The molecule has 2 N–H and O–H groups in total. The summed E-state index contributed by atoms with van der Waals surface area (Å²) >= 11 is 0. The van der Waals surface area contributed by atoms with Gasteiger partial charge in [-0.25, -0.2) is 0 Å². The third kappa shape index (κ3) is 2.35. The monoisotopic (exact) mass is 253 g/mol. The number of amides is 2. The average Bonchev–Trinajstić information content (AvgIpc) is 3.10. The Morgan fingerprint density at radius 2 is 2.06 bits per heavy atom. The van der Waals surface area contributed by atoms with Gasteiger partial charge in [0.15, 0.2) is 0 Å². The lowest BCUT2D eigenvalue weighted by molar-refractivity contribution is -0.152. The second-order valence-electron chi connectivity index (χ2n) is 5.26. The predicted octanol–water partition coefficient (Wildman–Crippen LogP) is -1.29. The van der Waals surface area contributed by atoms with Gasteiger partial charge in [0.05, 0.1) is 19.1 Å². The number of morpholine rings is 1. The molecule has 2 heterocycles. The molecule has 6 nitrogen and oxygen atoms in total. The maximum absolute atomic E-state index is 12.2. The first-order valence-electron chi connectivity index (χ1n) is 6.65. The van der Waals surface area contributed by atoms with Gasteiger partial charge in [0.2, 0.25) is 11.8 Å². The third-order valence-electron chi connectivity index (χ3n) is 3.77. The largest absolute Gasteiger partial charge is 0.377 e. The molecule has 0 aromatic rings. The summed E-state index contributed by atoms with van der Waals surface area (Å²) < 4.78 is 5.35. The quantitative estimate of drug-likeness (QED) is 0.657. The van der Waals surface area contributed by atoms with E-state index in [0.717, 1.165) is 25.9 Å². The van der Waals surface area contributed by atoms with E-state index in [-0.39, 0.29) is 17.7 Å². The van der Waals surface area contributed by atoms with E-state index in [1.165, 1.54) is 0 Å². The maximum Gasteiger partial charge on any atom is 0.245 e. The Labute approximate surface area is 106 Å². The minimum Gasteiger partial charge on any atom is -0.377 e. The van der Waals surface area contributed by atoms with Gasteiger partial charge in [0.1, 0.15) is 6.04 Å². The van der Waals surface area contributed by atoms with Crippen molar-refractivity contribution in [2.75, 3.05) is 32.8 Å². The third-order valence-corrected chi connectivity index (χ3v) is 3.77. The van der Waals surface area contributed by atoms with Crippen LogP contribution in [0.4, 0.5) is 0 Å². The Hall–Kier alpha value is -1.14. The Balaban J connectivity index is 1.64. The normalized spacial score (nSPS) is 28.7. The maximum atomic E-state index is 12.2. The first kappa shape index (κ1) is 11.9. The Bertz CT molecular complexity index is 352. The van der Waals surface area contributed by atoms with Gasteiger partial charge in [0, 0.05) is 25.7 Å². The van der Waals surface area contributed by atoms with E-state index in [9.17, 15) is 9.59 Å². The predicted molar refractivity (Wildman–Crippen MR) is 63.8 cm³/mol. The number of carbonyl (C=O) groups is 2. The van der Waals surface area contributed by atoms with Crippen LogP contribution in [0.15, 0.2) is 0 Å². The summed E-state index contributed by atoms with van der Waals surface area (Å²) in [5, 5.41) is 6.04. The standard InChI is InChI=1S/C12H19N3O3/c16-11(14-9-1-2-9)10-7-18-4-3-15(10)12(17)8-5-13-6-8/h8-10,13H,1-7H2,(H,14,16). The summed E-state index contributed by atoms with van der Waals surface area (Å²) in [7, 11) is 0. The van der Waals surface area contributed by atoms with Gasteiger partial charge in [0.25, 0.3) is 0 Å². The molecule has 3 fully saturated rings. The zero-order chi connectivity index (χ0) is 12.5. The van der Waals surface area contributed by atoms with Crippen molar-refractivity contribution in [1.82, 2.24) is 15.5 Å². The van der Waals surface area contributed by atoms with E-state index in [1.54, 1.807) is 4.90 Å². The van der Waals surface area contributed by atoms with Crippen molar-refractivity contribution in [3.05, 3.63) is 0 Å². The number of nitrogens with zero attached hydrogens (tertiary/aromatic N) is 1. The van der Waals surface area contributed by atoms with Gasteiger partial charge in [-0.05, 0) is 12.8 Å². The van der Waals surface area contributed by atoms with Gasteiger partial charge in [-0.15, -0.1) is 0 Å². The highest BCUT2D eigenvalue weighted by Crippen LogP contribution is 2.20. The summed E-state index contributed by atoms with van der Waals surface area (Å²) in [5.41, 5.74) is 0. The number of nitrogens with one attached hydrogen (secondary N) is 2. The molecule has 6 heteroatoms. The molecule has 0 aromatic heterocycles. The fraction of sp³-hybridized carbons (Fsp3) is 0.833. The molecule has 0 spiro atoms. The lowest BCUT2D eigenvalue weighted by atomic mass is 10.00. The number of rotatable bonds is 3. The van der Waals surface area contributed by atoms with Crippen molar-refractivity contribution in [3.63, 3.8) is 0 Å². The highest BCUT2D eigenvalue weighted by atomic mass is 16.5. The molecule has 18 heavy (non-hydrogen) atoms. The molecule has 3 aliphatic rings. The second-order valence-corrected chi connectivity index (χ2v) is 5.26. The zero-order valence-corrected chi connectivity index (χ0v) is 10.4. The lowest BCUT2D eigenvalue weighted by Gasteiger charge is -2.39. The molecule has 2 aliphatic heterocycles. The van der Waals surface area contributed by atoms with E-state index in [1.807, 2.05) is 0 Å². The number of hydrogen-bond donors (Lipinski definition) is 2. The molecule has 2 saturated heterocycles. The SMILES string of the molecule is O=C(NC1CC1)C1COCCN1C(=O)C1CNC1. The van der Waals surface area contributed by atoms with Gasteiger partial charge in [-0.2, -0.15) is 0 Å². The van der Waals surface area contributed by atoms with Crippen LogP contribution in [0.1, 0.15) is 12.8 Å². The molecule has 1 aliphatic carbocycles. The Morgan fingerprint density at radius 3 is 2.67 bits per heavy atom. The zero-order valence-electron chi connectivity index (χ0n) is 10.4. The summed E-state index contributed by atoms with van der Waals surface area (Å²) in [5.74, 6) is 0.0742. The molecule has 1 saturated carbocycles. The van der Waals surface area contributed by atoms with Crippen molar-refractivity contribution in [3.8, 4) is 0 Å². The number of carbonyl (C=O) groups excluding carboxylic acids is 2. The topological polar surface area (TPSA) is 70.7 Å². The van der Waals surface area contributed by atoms with Crippen molar-refractivity contribution in [2.45, 2.75) is 24.9 Å². The molecular formula is C12H19N3O3. The van der Waals surface area contributed by atoms with Crippen LogP contribution in [0.5, 0.6) is 0 Å². The van der Waals surface area contributed by atoms with Gasteiger partial charge in [-0.1, -0.05) is 0 Å². The van der Waals surface area contributed by atoms with Crippen LogP contribution in [0, 0.1) is 5.92 Å². The van der Waals surface area contributed by atoms with Crippen LogP contribution in [0.25, 0.3) is 0 Å². The number of hydrogen-bond acceptors (Lipinski definition) is 4. The molecular weight excluding hydrogens is 234 g/mol. The summed E-state index contributed by atoms with van der Waals surface area (Å²) in [4.78, 5) is 26.0. The van der Waals surface area contributed by atoms with Crippen LogP contribution in [-0.2, 0) is 14.3 Å². The van der Waals surface area contributed by atoms with Crippen LogP contribution in [-0.4, -0.2) is 61.6 Å². The van der Waals surface area contributed by atoms with Gasteiger partial charge in [-0.3, -0.25) is 9.59 Å². The first-order valence-corrected chi connectivity index (χ1v) is 6.65. The van der Waals surface area contributed by atoms with Crippen molar-refractivity contribution < 1.29 is 14.3 Å².